The number of nitrogens with two attached hydrogens (primary N) is 1. The van der Waals surface area contributed by atoms with Crippen molar-refractivity contribution in [1.82, 2.24) is 14.8 Å². The van der Waals surface area contributed by atoms with Crippen molar-refractivity contribution in [3.05, 3.63) is 26.8 Å². The molecule has 0 radical (unpaired) electrons. The Kier molecular flexibility index (Phi) is 4.67. The van der Waals surface area contributed by atoms with Crippen molar-refractivity contribution in [3.8, 4) is 11.4 Å². The third-order valence-corrected chi connectivity index (χ3v) is 4.57. The standard InChI is InChI=1S/C11H12ClIN4O2S/c1-2-5-17-10(15-16-11(17)20(14,18)19)8-6-7(12)3-4-9(8)13/h3-4,6H,2,5H2,1H3,(H2,14,18,19). The summed E-state index contributed by atoms with van der Waals surface area (Å²) in [6.07, 6.45) is 0.727. The van der Waals surface area contributed by atoms with Crippen molar-refractivity contribution in [2.24, 2.45) is 5.14 Å². The topological polar surface area (TPSA) is 90.9 Å². The van der Waals surface area contributed by atoms with Gasteiger partial charge in [0.2, 0.25) is 0 Å². The van der Waals surface area contributed by atoms with Crippen molar-refractivity contribution >= 4 is 44.2 Å². The highest BCUT2D eigenvalue weighted by molar-refractivity contribution is 14.1. The molecule has 0 bridgehead atoms. The molecule has 108 valence electrons. The zero-order valence-electron chi connectivity index (χ0n) is 10.5. The molecular weight excluding hydrogens is 415 g/mol. The molecule has 0 saturated heterocycles. The van der Waals surface area contributed by atoms with Crippen LogP contribution in [0.4, 0.5) is 0 Å². The first-order chi connectivity index (χ1) is 9.34. The lowest BCUT2D eigenvalue weighted by atomic mass is 10.2. The van der Waals surface area contributed by atoms with Gasteiger partial charge in [0, 0.05) is 20.7 Å². The van der Waals surface area contributed by atoms with Gasteiger partial charge in [-0.3, -0.25) is 4.57 Å². The molecule has 0 saturated carbocycles. The lowest BCUT2D eigenvalue weighted by molar-refractivity contribution is 0.559. The van der Waals surface area contributed by atoms with Crippen molar-refractivity contribution in [2.75, 3.05) is 0 Å². The summed E-state index contributed by atoms with van der Waals surface area (Å²) in [7, 11) is -3.91. The number of hydrogen-bond donors (Lipinski definition) is 1. The molecule has 0 spiro atoms. The number of halogens is 2. The van der Waals surface area contributed by atoms with Gasteiger partial charge in [0.05, 0.1) is 0 Å². The summed E-state index contributed by atoms with van der Waals surface area (Å²) in [5, 5.41) is 13.2. The molecule has 6 nitrogen and oxygen atoms in total. The van der Waals surface area contributed by atoms with E-state index in [1.165, 1.54) is 4.57 Å². The van der Waals surface area contributed by atoms with Gasteiger partial charge < -0.3 is 0 Å². The summed E-state index contributed by atoms with van der Waals surface area (Å²) in [6, 6.07) is 5.32. The number of benzene rings is 1. The maximum absolute atomic E-state index is 11.6. The smallest absolute Gasteiger partial charge is 0.273 e. The first-order valence-electron chi connectivity index (χ1n) is 5.76. The highest BCUT2D eigenvalue weighted by atomic mass is 127. The van der Waals surface area contributed by atoms with Crippen LogP contribution in [0.2, 0.25) is 5.02 Å². The molecule has 2 aromatic rings. The SMILES string of the molecule is CCCn1c(-c2cc(Cl)ccc2I)nnc1S(N)(=O)=O. The number of sulfonamides is 1. The number of aromatic nitrogens is 3. The van der Waals surface area contributed by atoms with Crippen LogP contribution in [0.15, 0.2) is 23.4 Å². The molecule has 0 unspecified atom stereocenters. The molecule has 1 aromatic heterocycles. The van der Waals surface area contributed by atoms with Gasteiger partial charge in [0.25, 0.3) is 15.2 Å². The van der Waals surface area contributed by atoms with E-state index in [1.807, 2.05) is 13.0 Å². The fraction of sp³-hybridized carbons (Fsp3) is 0.273. The van der Waals surface area contributed by atoms with Gasteiger partial charge in [-0.2, -0.15) is 0 Å². The fourth-order valence-electron chi connectivity index (χ4n) is 1.79. The maximum atomic E-state index is 11.6. The Hall–Kier alpha value is -0.710. The van der Waals surface area contributed by atoms with Gasteiger partial charge in [0.1, 0.15) is 0 Å². The maximum Gasteiger partial charge on any atom is 0.273 e. The van der Waals surface area contributed by atoms with E-state index >= 15 is 0 Å². The molecule has 2 N–H and O–H groups in total. The van der Waals surface area contributed by atoms with Gasteiger partial charge in [-0.15, -0.1) is 10.2 Å². The molecule has 0 aliphatic rings. The van der Waals surface area contributed by atoms with Crippen molar-refractivity contribution in [2.45, 2.75) is 25.0 Å². The summed E-state index contributed by atoms with van der Waals surface area (Å²) < 4.78 is 25.5. The molecule has 0 aliphatic heterocycles. The van der Waals surface area contributed by atoms with E-state index in [-0.39, 0.29) is 5.16 Å². The van der Waals surface area contributed by atoms with Gasteiger partial charge in [-0.05, 0) is 47.2 Å². The minimum absolute atomic E-state index is 0.231. The highest BCUT2D eigenvalue weighted by Crippen LogP contribution is 2.28. The summed E-state index contributed by atoms with van der Waals surface area (Å²) in [5.74, 6) is 0.447. The van der Waals surface area contributed by atoms with Crippen LogP contribution in [-0.4, -0.2) is 23.2 Å². The predicted molar refractivity (Wildman–Crippen MR) is 84.8 cm³/mol. The number of primary sulfonamides is 1. The Labute approximate surface area is 135 Å². The van der Waals surface area contributed by atoms with Gasteiger partial charge in [-0.25, -0.2) is 13.6 Å². The van der Waals surface area contributed by atoms with Crippen molar-refractivity contribution < 1.29 is 8.42 Å². The molecule has 0 atom stereocenters. The summed E-state index contributed by atoms with van der Waals surface area (Å²) >= 11 is 8.12. The fourth-order valence-corrected chi connectivity index (χ4v) is 3.18. The molecular formula is C11H12ClIN4O2S. The molecule has 2 rings (SSSR count). The van der Waals surface area contributed by atoms with Crippen LogP contribution >= 0.6 is 34.2 Å². The zero-order chi connectivity index (χ0) is 14.9. The highest BCUT2D eigenvalue weighted by Gasteiger charge is 2.22. The first kappa shape index (κ1) is 15.7. The monoisotopic (exact) mass is 426 g/mol. The molecule has 0 amide bonds. The Morgan fingerprint density at radius 3 is 2.70 bits per heavy atom. The molecule has 1 aromatic carbocycles. The molecule has 9 heteroatoms. The van der Waals surface area contributed by atoms with Crippen molar-refractivity contribution in [3.63, 3.8) is 0 Å². The minimum atomic E-state index is -3.91. The Morgan fingerprint density at radius 2 is 2.10 bits per heavy atom. The van der Waals surface area contributed by atoms with E-state index in [4.69, 9.17) is 16.7 Å². The van der Waals surface area contributed by atoms with E-state index < -0.39 is 10.0 Å². The number of rotatable bonds is 4. The van der Waals surface area contributed by atoms with Crippen LogP contribution in [0.25, 0.3) is 11.4 Å². The van der Waals surface area contributed by atoms with Crippen LogP contribution in [0, 0.1) is 3.57 Å². The summed E-state index contributed by atoms with van der Waals surface area (Å²) in [5.41, 5.74) is 0.731. The lowest BCUT2D eigenvalue weighted by Gasteiger charge is -2.09. The third-order valence-electron chi connectivity index (χ3n) is 2.59. The number of hydrogen-bond acceptors (Lipinski definition) is 4. The minimum Gasteiger partial charge on any atom is -0.297 e. The summed E-state index contributed by atoms with van der Waals surface area (Å²) in [6.45, 7) is 2.39. The third kappa shape index (κ3) is 3.13. The number of nitrogens with zero attached hydrogens (tertiary/aromatic N) is 3. The van der Waals surface area contributed by atoms with Crippen LogP contribution < -0.4 is 5.14 Å². The van der Waals surface area contributed by atoms with Gasteiger partial charge >= 0.3 is 0 Å². The molecule has 0 aliphatic carbocycles. The normalized spacial score (nSPS) is 11.8. The van der Waals surface area contributed by atoms with Gasteiger partial charge in [-0.1, -0.05) is 18.5 Å². The average Bonchev–Trinajstić information content (AvgIpc) is 2.76. The van der Waals surface area contributed by atoms with E-state index in [1.54, 1.807) is 12.1 Å². The van der Waals surface area contributed by atoms with E-state index in [9.17, 15) is 8.42 Å². The Morgan fingerprint density at radius 1 is 1.40 bits per heavy atom. The van der Waals surface area contributed by atoms with E-state index in [2.05, 4.69) is 32.8 Å². The van der Waals surface area contributed by atoms with E-state index in [0.29, 0.717) is 17.4 Å². The molecule has 1 heterocycles. The molecule has 0 fully saturated rings. The quantitative estimate of drug-likeness (QED) is 0.759. The van der Waals surface area contributed by atoms with Crippen LogP contribution in [-0.2, 0) is 16.6 Å². The molecule has 20 heavy (non-hydrogen) atoms. The largest absolute Gasteiger partial charge is 0.297 e. The van der Waals surface area contributed by atoms with Crippen LogP contribution in [0.1, 0.15) is 13.3 Å². The Bertz CT molecular complexity index is 745. The predicted octanol–water partition coefficient (Wildman–Crippen LogP) is 2.26. The summed E-state index contributed by atoms with van der Waals surface area (Å²) in [4.78, 5) is 0. The first-order valence-corrected chi connectivity index (χ1v) is 8.76. The van der Waals surface area contributed by atoms with Crippen molar-refractivity contribution in [1.29, 1.82) is 0 Å². The van der Waals surface area contributed by atoms with Crippen LogP contribution in [0.5, 0.6) is 0 Å². The lowest BCUT2D eigenvalue weighted by Crippen LogP contribution is -2.19. The van der Waals surface area contributed by atoms with E-state index in [0.717, 1.165) is 15.6 Å². The second-order valence-electron chi connectivity index (χ2n) is 4.13. The van der Waals surface area contributed by atoms with Gasteiger partial charge in [0.15, 0.2) is 5.82 Å². The second-order valence-corrected chi connectivity index (χ2v) is 7.18. The Balaban J connectivity index is 2.69. The zero-order valence-corrected chi connectivity index (χ0v) is 14.3. The van der Waals surface area contributed by atoms with Crippen LogP contribution in [0.3, 0.4) is 0 Å². The second kappa shape index (κ2) is 5.96. The average molecular weight is 427 g/mol.